The first kappa shape index (κ1) is 10.5. The smallest absolute Gasteiger partial charge is 0.151 e. The van der Waals surface area contributed by atoms with E-state index in [1.807, 2.05) is 0 Å². The molecule has 0 aliphatic rings. The minimum atomic E-state index is 0.175. The van der Waals surface area contributed by atoms with E-state index < -0.39 is 0 Å². The quantitative estimate of drug-likeness (QED) is 0.460. The Morgan fingerprint density at radius 1 is 1.38 bits per heavy atom. The highest BCUT2D eigenvalue weighted by atomic mass is 32.2. The van der Waals surface area contributed by atoms with Crippen LogP contribution in [0.15, 0.2) is 29.2 Å². The zero-order valence-corrected chi connectivity index (χ0v) is 9.04. The minimum absolute atomic E-state index is 0.175. The van der Waals surface area contributed by atoms with Gasteiger partial charge in [-0.05, 0) is 24.0 Å². The lowest BCUT2D eigenvalue weighted by Gasteiger charge is -2.00. The molecule has 3 N–H and O–H groups in total. The minimum Gasteiger partial charge on any atom is -0.379 e. The van der Waals surface area contributed by atoms with Crippen molar-refractivity contribution in [1.29, 1.82) is 5.41 Å². The summed E-state index contributed by atoms with van der Waals surface area (Å²) >= 11 is 3.08. The number of thioether (sulfide) groups is 2. The van der Waals surface area contributed by atoms with Crippen LogP contribution in [0, 0.1) is 5.41 Å². The lowest BCUT2D eigenvalue weighted by Crippen LogP contribution is -2.03. The zero-order chi connectivity index (χ0) is 9.68. The molecule has 0 radical (unpaired) electrons. The van der Waals surface area contributed by atoms with E-state index in [9.17, 15) is 0 Å². The molecule has 0 bridgehead atoms. The fourth-order valence-electron chi connectivity index (χ4n) is 0.883. The maximum atomic E-state index is 7.06. The highest BCUT2D eigenvalue weighted by Gasteiger charge is 1.95. The van der Waals surface area contributed by atoms with E-state index in [1.54, 1.807) is 11.8 Å². The highest BCUT2D eigenvalue weighted by molar-refractivity contribution is 8.13. The second-order valence-corrected chi connectivity index (χ2v) is 4.40. The van der Waals surface area contributed by atoms with Crippen molar-refractivity contribution < 1.29 is 0 Å². The van der Waals surface area contributed by atoms with Crippen LogP contribution >= 0.6 is 23.5 Å². The van der Waals surface area contributed by atoms with Crippen molar-refractivity contribution in [3.63, 3.8) is 0 Å². The number of nitrogens with two attached hydrogens (primary N) is 1. The summed E-state index contributed by atoms with van der Waals surface area (Å²) in [5.41, 5.74) is 6.44. The predicted molar refractivity (Wildman–Crippen MR) is 61.4 cm³/mol. The molecular weight excluding hydrogens is 200 g/mol. The third-order valence-corrected chi connectivity index (χ3v) is 3.09. The predicted octanol–water partition coefficient (Wildman–Crippen LogP) is 2.54. The van der Waals surface area contributed by atoms with Crippen LogP contribution in [-0.4, -0.2) is 11.4 Å². The molecule has 0 heterocycles. The first-order valence-corrected chi connectivity index (χ1v) is 6.03. The van der Waals surface area contributed by atoms with Gasteiger partial charge < -0.3 is 5.73 Å². The van der Waals surface area contributed by atoms with Crippen molar-refractivity contribution in [2.75, 3.05) is 6.26 Å². The van der Waals surface area contributed by atoms with Crippen LogP contribution < -0.4 is 5.73 Å². The molecule has 0 unspecified atom stereocenters. The molecule has 0 aliphatic heterocycles. The van der Waals surface area contributed by atoms with E-state index in [1.165, 1.54) is 22.2 Å². The Kier molecular flexibility index (Phi) is 4.18. The molecule has 2 nitrogen and oxygen atoms in total. The summed E-state index contributed by atoms with van der Waals surface area (Å²) in [6.45, 7) is 0. The Morgan fingerprint density at radius 3 is 2.46 bits per heavy atom. The van der Waals surface area contributed by atoms with Crippen LogP contribution in [0.4, 0.5) is 0 Å². The van der Waals surface area contributed by atoms with Crippen molar-refractivity contribution in [2.45, 2.75) is 10.6 Å². The molecule has 0 atom stereocenters. The van der Waals surface area contributed by atoms with E-state index in [0.717, 1.165) is 5.75 Å². The highest BCUT2D eigenvalue weighted by Crippen LogP contribution is 2.17. The van der Waals surface area contributed by atoms with Crippen molar-refractivity contribution >= 4 is 28.7 Å². The third kappa shape index (κ3) is 3.74. The molecule has 1 aromatic rings. The summed E-state index contributed by atoms with van der Waals surface area (Å²) in [7, 11) is 0. The average molecular weight is 212 g/mol. The molecule has 0 amide bonds. The van der Waals surface area contributed by atoms with E-state index in [0.29, 0.717) is 0 Å². The Hall–Kier alpha value is -0.610. The largest absolute Gasteiger partial charge is 0.379 e. The molecular formula is C9H12N2S2. The van der Waals surface area contributed by atoms with Crippen molar-refractivity contribution in [3.05, 3.63) is 29.8 Å². The summed E-state index contributed by atoms with van der Waals surface area (Å²) in [5, 5.41) is 7.23. The fourth-order valence-corrected chi connectivity index (χ4v) is 1.81. The number of amidine groups is 1. The van der Waals surface area contributed by atoms with E-state index >= 15 is 0 Å². The van der Waals surface area contributed by atoms with Crippen molar-refractivity contribution in [1.82, 2.24) is 0 Å². The number of nitrogens with one attached hydrogen (secondary N) is 1. The summed E-state index contributed by atoms with van der Waals surface area (Å²) < 4.78 is 0. The lowest BCUT2D eigenvalue weighted by molar-refractivity contribution is 1.35. The molecule has 4 heteroatoms. The molecule has 1 rings (SSSR count). The SMILES string of the molecule is CSc1ccc(CSC(=N)N)cc1. The van der Waals surface area contributed by atoms with Crippen molar-refractivity contribution in [3.8, 4) is 0 Å². The molecule has 1 aromatic carbocycles. The van der Waals surface area contributed by atoms with Gasteiger partial charge in [0.15, 0.2) is 5.17 Å². The zero-order valence-electron chi connectivity index (χ0n) is 7.41. The molecule has 0 spiro atoms. The second-order valence-electron chi connectivity index (χ2n) is 2.50. The van der Waals surface area contributed by atoms with Crippen LogP contribution in [0.3, 0.4) is 0 Å². The lowest BCUT2D eigenvalue weighted by atomic mass is 10.2. The molecule has 0 fully saturated rings. The van der Waals surface area contributed by atoms with Gasteiger partial charge in [-0.2, -0.15) is 0 Å². The van der Waals surface area contributed by atoms with Gasteiger partial charge in [-0.25, -0.2) is 0 Å². The number of hydrogen-bond donors (Lipinski definition) is 2. The van der Waals surface area contributed by atoms with E-state index in [2.05, 4.69) is 30.5 Å². The summed E-state index contributed by atoms with van der Waals surface area (Å²) in [5.74, 6) is 0.782. The number of benzene rings is 1. The standard InChI is InChI=1S/C9H12N2S2/c1-12-8-4-2-7(3-5-8)6-13-9(10)11/h2-5H,6H2,1H3,(H3,10,11). The maximum Gasteiger partial charge on any atom is 0.151 e. The first-order chi connectivity index (χ1) is 6.22. The Morgan fingerprint density at radius 2 is 2.00 bits per heavy atom. The van der Waals surface area contributed by atoms with E-state index in [4.69, 9.17) is 11.1 Å². The Bertz CT molecular complexity index is 282. The molecule has 13 heavy (non-hydrogen) atoms. The van der Waals surface area contributed by atoms with Gasteiger partial charge in [-0.1, -0.05) is 23.9 Å². The van der Waals surface area contributed by atoms with Gasteiger partial charge >= 0.3 is 0 Å². The van der Waals surface area contributed by atoms with Gasteiger partial charge in [0.25, 0.3) is 0 Å². The van der Waals surface area contributed by atoms with Gasteiger partial charge in [0.05, 0.1) is 0 Å². The third-order valence-electron chi connectivity index (χ3n) is 1.55. The second kappa shape index (κ2) is 5.19. The number of rotatable bonds is 3. The average Bonchev–Trinajstić information content (AvgIpc) is 2.15. The van der Waals surface area contributed by atoms with Crippen LogP contribution in [-0.2, 0) is 5.75 Å². The topological polar surface area (TPSA) is 49.9 Å². The van der Waals surface area contributed by atoms with Crippen LogP contribution in [0.5, 0.6) is 0 Å². The Balaban J connectivity index is 2.54. The summed E-state index contributed by atoms with van der Waals surface area (Å²) in [6, 6.07) is 8.31. The fraction of sp³-hybridized carbons (Fsp3) is 0.222. The molecule has 70 valence electrons. The normalized spacial score (nSPS) is 9.92. The van der Waals surface area contributed by atoms with Crippen LogP contribution in [0.2, 0.25) is 0 Å². The van der Waals surface area contributed by atoms with Crippen LogP contribution in [0.25, 0.3) is 0 Å². The van der Waals surface area contributed by atoms with Crippen LogP contribution in [0.1, 0.15) is 5.56 Å². The van der Waals surface area contributed by atoms with E-state index in [-0.39, 0.29) is 5.17 Å². The number of hydrogen-bond acceptors (Lipinski definition) is 3. The maximum absolute atomic E-state index is 7.06. The first-order valence-electron chi connectivity index (χ1n) is 3.82. The Labute approximate surface area is 86.8 Å². The van der Waals surface area contributed by atoms with Gasteiger partial charge in [0.1, 0.15) is 0 Å². The monoisotopic (exact) mass is 212 g/mol. The summed E-state index contributed by atoms with van der Waals surface area (Å²) in [4.78, 5) is 1.26. The van der Waals surface area contributed by atoms with Gasteiger partial charge in [0, 0.05) is 10.6 Å². The van der Waals surface area contributed by atoms with Gasteiger partial charge in [-0.3, -0.25) is 5.41 Å². The van der Waals surface area contributed by atoms with Crippen molar-refractivity contribution in [2.24, 2.45) is 5.73 Å². The van der Waals surface area contributed by atoms with Gasteiger partial charge in [-0.15, -0.1) is 11.8 Å². The molecule has 0 aliphatic carbocycles. The molecule has 0 saturated carbocycles. The molecule has 0 saturated heterocycles. The molecule has 0 aromatic heterocycles. The summed E-state index contributed by atoms with van der Waals surface area (Å²) in [6.07, 6.45) is 2.05. The van der Waals surface area contributed by atoms with Gasteiger partial charge in [0.2, 0.25) is 0 Å².